The molecule has 10 nitrogen and oxygen atoms in total. The first-order chi connectivity index (χ1) is 18.5. The van der Waals surface area contributed by atoms with E-state index in [1.807, 2.05) is 0 Å². The number of fused-ring (bicyclic) bond motifs is 1. The quantitative estimate of drug-likeness (QED) is 0.499. The van der Waals surface area contributed by atoms with Gasteiger partial charge in [0.05, 0.1) is 60.2 Å². The number of likely N-dealkylation sites (tertiary alicyclic amines) is 1. The Bertz CT molecular complexity index is 1440. The van der Waals surface area contributed by atoms with Gasteiger partial charge in [-0.2, -0.15) is 10.2 Å². The summed E-state index contributed by atoms with van der Waals surface area (Å²) >= 11 is 0. The maximum atomic E-state index is 14.7. The second kappa shape index (κ2) is 8.09. The van der Waals surface area contributed by atoms with Crippen LogP contribution >= 0.6 is 0 Å². The molecule has 2 amide bonds. The lowest BCUT2D eigenvalue weighted by Gasteiger charge is -2.55. The van der Waals surface area contributed by atoms with Crippen LogP contribution in [0.2, 0.25) is 0 Å². The van der Waals surface area contributed by atoms with Gasteiger partial charge in [0, 0.05) is 31.2 Å². The first-order valence-corrected chi connectivity index (χ1v) is 13.3. The normalized spacial score (nSPS) is 22.7. The number of hydrogen-bond acceptors (Lipinski definition) is 6. The van der Waals surface area contributed by atoms with Gasteiger partial charge in [-0.25, -0.2) is 18.0 Å². The molecule has 4 fully saturated rings. The number of amides is 2. The number of hydrogen-bond donors (Lipinski definition) is 2. The number of aromatic nitrogens is 5. The molecule has 39 heavy (non-hydrogen) atoms. The highest BCUT2D eigenvalue weighted by Gasteiger charge is 2.57. The van der Waals surface area contributed by atoms with E-state index >= 15 is 0 Å². The fourth-order valence-electron chi connectivity index (χ4n) is 6.13. The summed E-state index contributed by atoms with van der Waals surface area (Å²) in [7, 11) is 0. The van der Waals surface area contributed by atoms with Crippen LogP contribution in [-0.4, -0.2) is 85.9 Å². The van der Waals surface area contributed by atoms with E-state index in [-0.39, 0.29) is 18.4 Å². The monoisotopic (exact) mass is 544 g/mol. The standard InChI is InChI=1S/C26H31F3N8O2/c1-23(2,27)10-37-19-7-17(30-8-16(19)21(34-37)35-11-24(12-35)14-39-15-24)20-18(9-31-33-20)32-22(38)36-13-26(28,29)6-5-25(36)3-4-25/h7-9H,3-6,10-15H2,1-2H3,(H,31,33)(H,32,38). The van der Waals surface area contributed by atoms with Crippen molar-refractivity contribution in [3.8, 4) is 11.4 Å². The maximum absolute atomic E-state index is 14.7. The lowest BCUT2D eigenvalue weighted by molar-refractivity contribution is -0.127. The molecule has 0 aromatic carbocycles. The molecule has 3 saturated heterocycles. The van der Waals surface area contributed by atoms with E-state index in [4.69, 9.17) is 9.84 Å². The van der Waals surface area contributed by atoms with E-state index in [0.29, 0.717) is 29.0 Å². The van der Waals surface area contributed by atoms with Crippen molar-refractivity contribution in [1.82, 2.24) is 29.9 Å². The van der Waals surface area contributed by atoms with Gasteiger partial charge in [0.1, 0.15) is 11.4 Å². The summed E-state index contributed by atoms with van der Waals surface area (Å²) in [4.78, 5) is 21.2. The zero-order valence-corrected chi connectivity index (χ0v) is 21.9. The topological polar surface area (TPSA) is 104 Å². The average molecular weight is 545 g/mol. The van der Waals surface area contributed by atoms with Gasteiger partial charge < -0.3 is 19.9 Å². The Labute approximate surface area is 222 Å². The molecule has 13 heteroatoms. The van der Waals surface area contributed by atoms with Crippen molar-refractivity contribution in [1.29, 1.82) is 0 Å². The van der Waals surface area contributed by atoms with Crippen molar-refractivity contribution in [2.75, 3.05) is 43.1 Å². The summed E-state index contributed by atoms with van der Waals surface area (Å²) in [5.41, 5.74) is 0.146. The SMILES string of the molecule is CC(C)(F)Cn1nc(N2CC3(COC3)C2)c2cnc(-c3[nH]ncc3NC(=O)N3CC(F)(F)CCC34CC4)cc21. The zero-order valence-electron chi connectivity index (χ0n) is 21.9. The van der Waals surface area contributed by atoms with Crippen molar-refractivity contribution in [3.05, 3.63) is 18.5 Å². The van der Waals surface area contributed by atoms with Crippen LogP contribution in [-0.2, 0) is 11.3 Å². The van der Waals surface area contributed by atoms with Gasteiger partial charge in [-0.3, -0.25) is 14.8 Å². The molecule has 0 unspecified atom stereocenters. The molecule has 4 aliphatic rings. The van der Waals surface area contributed by atoms with Crippen LogP contribution in [0.1, 0.15) is 39.5 Å². The summed E-state index contributed by atoms with van der Waals surface area (Å²) in [5.74, 6) is -2.15. The molecule has 3 aromatic rings. The fourth-order valence-corrected chi connectivity index (χ4v) is 6.13. The number of halogens is 3. The number of carbonyl (C=O) groups excluding carboxylic acids is 1. The van der Waals surface area contributed by atoms with Crippen molar-refractivity contribution < 1.29 is 22.7 Å². The molecule has 7 rings (SSSR count). The number of piperidine rings is 1. The van der Waals surface area contributed by atoms with Gasteiger partial charge in [0.15, 0.2) is 5.82 Å². The highest BCUT2D eigenvalue weighted by Crippen LogP contribution is 2.51. The number of carbonyl (C=O) groups is 1. The molecule has 0 radical (unpaired) electrons. The number of nitrogens with zero attached hydrogens (tertiary/aromatic N) is 6. The van der Waals surface area contributed by atoms with Gasteiger partial charge in [0.25, 0.3) is 5.92 Å². The second-order valence-electron chi connectivity index (χ2n) is 12.4. The Kier molecular flexibility index (Phi) is 5.12. The lowest BCUT2D eigenvalue weighted by Crippen LogP contribution is -2.66. The summed E-state index contributed by atoms with van der Waals surface area (Å²) in [5, 5.41) is 15.3. The van der Waals surface area contributed by atoms with E-state index in [1.54, 1.807) is 16.9 Å². The maximum Gasteiger partial charge on any atom is 0.322 e. The van der Waals surface area contributed by atoms with Crippen LogP contribution in [0.15, 0.2) is 18.5 Å². The molecule has 0 atom stereocenters. The summed E-state index contributed by atoms with van der Waals surface area (Å²) in [6, 6.07) is 1.22. The molecule has 2 N–H and O–H groups in total. The van der Waals surface area contributed by atoms with Gasteiger partial charge in [-0.05, 0) is 39.2 Å². The third kappa shape index (κ3) is 4.21. The molecular weight excluding hydrogens is 513 g/mol. The molecule has 2 spiro atoms. The largest absolute Gasteiger partial charge is 0.380 e. The molecule has 6 heterocycles. The van der Waals surface area contributed by atoms with E-state index in [1.165, 1.54) is 24.9 Å². The van der Waals surface area contributed by atoms with Gasteiger partial charge in [-0.15, -0.1) is 0 Å². The summed E-state index contributed by atoms with van der Waals surface area (Å²) in [6.07, 6.45) is 4.70. The fraction of sp³-hybridized carbons (Fsp3) is 0.615. The van der Waals surface area contributed by atoms with Crippen molar-refractivity contribution in [2.24, 2.45) is 5.41 Å². The number of rotatable bonds is 5. The zero-order chi connectivity index (χ0) is 27.2. The van der Waals surface area contributed by atoms with Crippen LogP contribution in [0.5, 0.6) is 0 Å². The van der Waals surface area contributed by atoms with Gasteiger partial charge >= 0.3 is 6.03 Å². The van der Waals surface area contributed by atoms with Crippen LogP contribution in [0, 0.1) is 5.41 Å². The van der Waals surface area contributed by atoms with E-state index < -0.39 is 29.7 Å². The molecule has 0 bridgehead atoms. The smallest absolute Gasteiger partial charge is 0.322 e. The molecule has 1 saturated carbocycles. The minimum absolute atomic E-state index is 0.0485. The Morgan fingerprint density at radius 1 is 1.15 bits per heavy atom. The van der Waals surface area contributed by atoms with Crippen LogP contribution < -0.4 is 10.2 Å². The number of pyridine rings is 1. The molecule has 3 aliphatic heterocycles. The summed E-state index contributed by atoms with van der Waals surface area (Å²) in [6.45, 7) is 5.60. The Hall–Kier alpha value is -3.35. The van der Waals surface area contributed by atoms with E-state index in [9.17, 15) is 18.0 Å². The number of urea groups is 1. The highest BCUT2D eigenvalue weighted by atomic mass is 19.3. The third-order valence-electron chi connectivity index (χ3n) is 8.44. The number of nitrogens with one attached hydrogen (secondary N) is 2. The second-order valence-corrected chi connectivity index (χ2v) is 12.4. The minimum atomic E-state index is -2.90. The first-order valence-electron chi connectivity index (χ1n) is 13.3. The van der Waals surface area contributed by atoms with Gasteiger partial charge in [-0.1, -0.05) is 0 Å². The molecule has 208 valence electrons. The number of H-pyrrole nitrogens is 1. The van der Waals surface area contributed by atoms with E-state index in [2.05, 4.69) is 25.4 Å². The Morgan fingerprint density at radius 2 is 1.90 bits per heavy atom. The molecule has 3 aromatic heterocycles. The highest BCUT2D eigenvalue weighted by molar-refractivity contribution is 5.96. The van der Waals surface area contributed by atoms with Crippen LogP contribution in [0.3, 0.4) is 0 Å². The van der Waals surface area contributed by atoms with Crippen molar-refractivity contribution in [2.45, 2.75) is 63.2 Å². The Balaban J connectivity index is 1.19. The van der Waals surface area contributed by atoms with Crippen LogP contribution in [0.4, 0.5) is 29.5 Å². The first kappa shape index (κ1) is 24.7. The number of ether oxygens (including phenoxy) is 1. The molecular formula is C26H31F3N8O2. The predicted molar refractivity (Wildman–Crippen MR) is 138 cm³/mol. The van der Waals surface area contributed by atoms with Crippen molar-refractivity contribution >= 4 is 28.4 Å². The van der Waals surface area contributed by atoms with E-state index in [0.717, 1.165) is 50.3 Å². The number of anilines is 2. The predicted octanol–water partition coefficient (Wildman–Crippen LogP) is 4.20. The minimum Gasteiger partial charge on any atom is -0.380 e. The van der Waals surface area contributed by atoms with Gasteiger partial charge in [0.2, 0.25) is 0 Å². The van der Waals surface area contributed by atoms with Crippen molar-refractivity contribution in [3.63, 3.8) is 0 Å². The third-order valence-corrected chi connectivity index (χ3v) is 8.44. The lowest BCUT2D eigenvalue weighted by atomic mass is 9.78. The summed E-state index contributed by atoms with van der Waals surface area (Å²) < 4.78 is 50.1. The van der Waals surface area contributed by atoms with Crippen LogP contribution in [0.25, 0.3) is 22.3 Å². The number of alkyl halides is 3. The number of aromatic amines is 1. The average Bonchev–Trinajstić information content (AvgIpc) is 3.31. The molecule has 1 aliphatic carbocycles. The Morgan fingerprint density at radius 3 is 2.56 bits per heavy atom.